The van der Waals surface area contributed by atoms with Crippen molar-refractivity contribution in [1.82, 2.24) is 5.32 Å². The smallest absolute Gasteiger partial charge is 0.349 e. The number of nitro groups is 1. The summed E-state index contributed by atoms with van der Waals surface area (Å²) in [6.45, 7) is 1.22. The van der Waals surface area contributed by atoms with Gasteiger partial charge in [-0.2, -0.15) is 0 Å². The molecular weight excluding hydrogens is 468 g/mol. The number of hydrogen-bond donors (Lipinski definition) is 1. The lowest BCUT2D eigenvalue weighted by molar-refractivity contribution is -0.385. The topological polar surface area (TPSA) is 138 Å². The number of para-hydroxylation sites is 2. The van der Waals surface area contributed by atoms with Crippen LogP contribution in [0.1, 0.15) is 28.9 Å². The van der Waals surface area contributed by atoms with E-state index in [-0.39, 0.29) is 34.4 Å². The van der Waals surface area contributed by atoms with Gasteiger partial charge in [0.05, 0.1) is 11.0 Å². The number of nitrogens with one attached hydrogen (secondary N) is 1. The van der Waals surface area contributed by atoms with Crippen molar-refractivity contribution in [1.29, 1.82) is 0 Å². The van der Waals surface area contributed by atoms with E-state index in [1.807, 2.05) is 30.3 Å². The lowest BCUT2D eigenvalue weighted by Crippen LogP contribution is -2.30. The van der Waals surface area contributed by atoms with Crippen molar-refractivity contribution < 1.29 is 28.4 Å². The van der Waals surface area contributed by atoms with E-state index in [0.717, 1.165) is 5.56 Å². The summed E-state index contributed by atoms with van der Waals surface area (Å²) >= 11 is 0. The highest BCUT2D eigenvalue weighted by atomic mass is 16.6. The van der Waals surface area contributed by atoms with Gasteiger partial charge in [-0.25, -0.2) is 9.59 Å². The van der Waals surface area contributed by atoms with Crippen LogP contribution in [0.4, 0.5) is 5.69 Å². The summed E-state index contributed by atoms with van der Waals surface area (Å²) in [5.74, 6) is -1.40. The van der Waals surface area contributed by atoms with E-state index < -0.39 is 29.0 Å². The summed E-state index contributed by atoms with van der Waals surface area (Å²) < 4.78 is 15.7. The molecule has 0 bridgehead atoms. The van der Waals surface area contributed by atoms with Crippen LogP contribution in [0.5, 0.6) is 11.5 Å². The highest BCUT2D eigenvalue weighted by Gasteiger charge is 2.18. The molecule has 4 aromatic rings. The lowest BCUT2D eigenvalue weighted by Gasteiger charge is -2.14. The van der Waals surface area contributed by atoms with E-state index >= 15 is 0 Å². The zero-order valence-corrected chi connectivity index (χ0v) is 19.0. The van der Waals surface area contributed by atoms with Gasteiger partial charge in [0.2, 0.25) is 0 Å². The maximum Gasteiger partial charge on any atom is 0.349 e. The van der Waals surface area contributed by atoms with E-state index in [9.17, 15) is 24.5 Å². The summed E-state index contributed by atoms with van der Waals surface area (Å²) in [7, 11) is 0. The van der Waals surface area contributed by atoms with Gasteiger partial charge < -0.3 is 19.2 Å². The van der Waals surface area contributed by atoms with Crippen molar-refractivity contribution in [2.45, 2.75) is 13.0 Å². The van der Waals surface area contributed by atoms with Gasteiger partial charge >= 0.3 is 17.3 Å². The Morgan fingerprint density at radius 2 is 1.75 bits per heavy atom. The number of fused-ring (bicyclic) bond motifs is 1. The molecule has 0 aliphatic rings. The molecule has 0 saturated carbocycles. The second kappa shape index (κ2) is 10.5. The van der Waals surface area contributed by atoms with Crippen LogP contribution in [-0.2, 0) is 4.79 Å². The standard InChI is InChI=1S/C26H20N2O8/c1-16(17-7-3-2-4-8-17)27-25(30)20-13-18-11-12-19(14-23(18)36-26(20)31)35-24(29)15-34-22-10-6-5-9-21(22)28(32)33/h2-14,16H,15H2,1H3,(H,27,30). The van der Waals surface area contributed by atoms with Crippen molar-refractivity contribution in [3.05, 3.63) is 111 Å². The highest BCUT2D eigenvalue weighted by molar-refractivity contribution is 5.97. The molecule has 0 aliphatic heterocycles. The molecule has 1 aromatic heterocycles. The summed E-state index contributed by atoms with van der Waals surface area (Å²) in [5, 5.41) is 14.3. The predicted molar refractivity (Wildman–Crippen MR) is 129 cm³/mol. The fourth-order valence-electron chi connectivity index (χ4n) is 3.44. The molecule has 3 aromatic carbocycles. The van der Waals surface area contributed by atoms with Gasteiger partial charge in [-0.1, -0.05) is 42.5 Å². The number of nitrogens with zero attached hydrogens (tertiary/aromatic N) is 1. The molecule has 0 aliphatic carbocycles. The quantitative estimate of drug-likeness (QED) is 0.128. The number of esters is 1. The number of ether oxygens (including phenoxy) is 2. The molecule has 0 spiro atoms. The van der Waals surface area contributed by atoms with Gasteiger partial charge in [0.1, 0.15) is 16.9 Å². The van der Waals surface area contributed by atoms with Crippen molar-refractivity contribution in [3.8, 4) is 11.5 Å². The maximum atomic E-state index is 12.7. The van der Waals surface area contributed by atoms with Gasteiger partial charge in [-0.05, 0) is 36.8 Å². The minimum absolute atomic E-state index is 0.0664. The van der Waals surface area contributed by atoms with E-state index in [1.165, 1.54) is 48.5 Å². The summed E-state index contributed by atoms with van der Waals surface area (Å²) in [6, 6.07) is 20.3. The zero-order valence-electron chi connectivity index (χ0n) is 19.0. The Hall–Kier alpha value is -4.99. The largest absolute Gasteiger partial charge is 0.475 e. The fourth-order valence-corrected chi connectivity index (χ4v) is 3.44. The third kappa shape index (κ3) is 5.55. The number of carbonyl (C=O) groups excluding carboxylic acids is 2. The first-order valence-corrected chi connectivity index (χ1v) is 10.8. The minimum atomic E-state index is -0.844. The first-order valence-electron chi connectivity index (χ1n) is 10.8. The van der Waals surface area contributed by atoms with Crippen LogP contribution in [0.2, 0.25) is 0 Å². The molecule has 10 heteroatoms. The first kappa shape index (κ1) is 24.1. The number of hydrogen-bond acceptors (Lipinski definition) is 8. The molecule has 0 fully saturated rings. The summed E-state index contributed by atoms with van der Waals surface area (Å²) in [6.07, 6.45) is 0. The van der Waals surface area contributed by atoms with Crippen molar-refractivity contribution >= 4 is 28.5 Å². The van der Waals surface area contributed by atoms with Gasteiger partial charge in [-0.3, -0.25) is 14.9 Å². The van der Waals surface area contributed by atoms with Crippen LogP contribution >= 0.6 is 0 Å². The molecule has 1 atom stereocenters. The molecular formula is C26H20N2O8. The minimum Gasteiger partial charge on any atom is -0.475 e. The van der Waals surface area contributed by atoms with E-state index in [4.69, 9.17) is 13.9 Å². The predicted octanol–water partition coefficient (Wildman–Crippen LogP) is 4.18. The van der Waals surface area contributed by atoms with E-state index in [0.29, 0.717) is 5.39 Å². The molecule has 1 N–H and O–H groups in total. The van der Waals surface area contributed by atoms with Gasteiger partial charge in [-0.15, -0.1) is 0 Å². The highest BCUT2D eigenvalue weighted by Crippen LogP contribution is 2.26. The Morgan fingerprint density at radius 3 is 2.50 bits per heavy atom. The Kier molecular flexibility index (Phi) is 7.05. The Morgan fingerprint density at radius 1 is 1.03 bits per heavy atom. The molecule has 1 amide bonds. The molecule has 36 heavy (non-hydrogen) atoms. The van der Waals surface area contributed by atoms with Crippen LogP contribution in [0.3, 0.4) is 0 Å². The zero-order chi connectivity index (χ0) is 25.7. The van der Waals surface area contributed by atoms with Crippen molar-refractivity contribution in [2.75, 3.05) is 6.61 Å². The Labute approximate surface area is 204 Å². The second-order valence-corrected chi connectivity index (χ2v) is 7.74. The van der Waals surface area contributed by atoms with Crippen molar-refractivity contribution in [3.63, 3.8) is 0 Å². The second-order valence-electron chi connectivity index (χ2n) is 7.74. The van der Waals surface area contributed by atoms with Gasteiger partial charge in [0.25, 0.3) is 5.91 Å². The maximum absolute atomic E-state index is 12.7. The van der Waals surface area contributed by atoms with Crippen LogP contribution in [0, 0.1) is 10.1 Å². The number of carbonyl (C=O) groups is 2. The van der Waals surface area contributed by atoms with Gasteiger partial charge in [0, 0.05) is 17.5 Å². The SMILES string of the molecule is CC(NC(=O)c1cc2ccc(OC(=O)COc3ccccc3[N+](=O)[O-])cc2oc1=O)c1ccccc1. The molecule has 0 radical (unpaired) electrons. The fraction of sp³-hybridized carbons (Fsp3) is 0.115. The molecule has 1 unspecified atom stereocenters. The molecule has 0 saturated heterocycles. The summed E-state index contributed by atoms with van der Waals surface area (Å²) in [4.78, 5) is 47.7. The Bertz CT molecular complexity index is 1500. The van der Waals surface area contributed by atoms with Crippen LogP contribution < -0.4 is 20.4 Å². The first-order chi connectivity index (χ1) is 17.3. The Balaban J connectivity index is 1.44. The van der Waals surface area contributed by atoms with Crippen LogP contribution in [-0.4, -0.2) is 23.4 Å². The number of rotatable bonds is 8. The molecule has 1 heterocycles. The van der Waals surface area contributed by atoms with Crippen molar-refractivity contribution in [2.24, 2.45) is 0 Å². The number of nitro benzene ring substituents is 1. The van der Waals surface area contributed by atoms with E-state index in [2.05, 4.69) is 5.32 Å². The number of amides is 1. The average Bonchev–Trinajstić information content (AvgIpc) is 2.87. The molecule has 10 nitrogen and oxygen atoms in total. The van der Waals surface area contributed by atoms with Gasteiger partial charge in [0.15, 0.2) is 12.4 Å². The van der Waals surface area contributed by atoms with Crippen LogP contribution in [0.25, 0.3) is 11.0 Å². The lowest BCUT2D eigenvalue weighted by atomic mass is 10.1. The third-order valence-corrected chi connectivity index (χ3v) is 5.24. The summed E-state index contributed by atoms with van der Waals surface area (Å²) in [5.41, 5.74) is -0.293. The number of benzene rings is 3. The average molecular weight is 488 g/mol. The normalized spacial score (nSPS) is 11.5. The molecule has 182 valence electrons. The monoisotopic (exact) mass is 488 g/mol. The van der Waals surface area contributed by atoms with E-state index in [1.54, 1.807) is 6.92 Å². The molecule has 4 rings (SSSR count). The third-order valence-electron chi connectivity index (χ3n) is 5.24. The van der Waals surface area contributed by atoms with Crippen LogP contribution in [0.15, 0.2) is 88.1 Å².